The van der Waals surface area contributed by atoms with Crippen molar-refractivity contribution in [2.75, 3.05) is 13.1 Å². The molecule has 0 saturated carbocycles. The smallest absolute Gasteiger partial charge is 0.227 e. The molecule has 5 nitrogen and oxygen atoms in total. The van der Waals surface area contributed by atoms with Gasteiger partial charge in [-0.15, -0.1) is 0 Å². The molecule has 2 fully saturated rings. The van der Waals surface area contributed by atoms with E-state index in [2.05, 4.69) is 15.3 Å². The number of nitrogens with one attached hydrogen (secondary N) is 1. The van der Waals surface area contributed by atoms with Gasteiger partial charge in [-0.3, -0.25) is 9.48 Å². The fourth-order valence-electron chi connectivity index (χ4n) is 3.71. The average Bonchev–Trinajstić information content (AvgIpc) is 2.79. The molecule has 2 unspecified atom stereocenters. The van der Waals surface area contributed by atoms with Crippen molar-refractivity contribution in [3.63, 3.8) is 0 Å². The standard InChI is InChI=1S/C15H24N4O/c1-10-14(11(2)18(3)17-10)8-15(20)19-12-4-5-13(19)9-16-7-6-12/h12-13,16H,4-9H2,1-3H3. The molecule has 20 heavy (non-hydrogen) atoms. The lowest BCUT2D eigenvalue weighted by Crippen LogP contribution is -2.43. The highest BCUT2D eigenvalue weighted by Gasteiger charge is 2.38. The summed E-state index contributed by atoms with van der Waals surface area (Å²) in [5.74, 6) is 0.278. The normalized spacial score (nSPS) is 25.9. The Morgan fingerprint density at radius 3 is 2.75 bits per heavy atom. The minimum Gasteiger partial charge on any atom is -0.335 e. The Labute approximate surface area is 120 Å². The van der Waals surface area contributed by atoms with Crippen LogP contribution < -0.4 is 5.32 Å². The second-order valence-corrected chi connectivity index (χ2v) is 6.13. The maximum absolute atomic E-state index is 12.8. The Morgan fingerprint density at radius 2 is 2.05 bits per heavy atom. The van der Waals surface area contributed by atoms with E-state index in [1.165, 1.54) is 6.42 Å². The van der Waals surface area contributed by atoms with Crippen molar-refractivity contribution in [2.45, 2.75) is 51.6 Å². The highest BCUT2D eigenvalue weighted by molar-refractivity contribution is 5.80. The summed E-state index contributed by atoms with van der Waals surface area (Å²) < 4.78 is 1.87. The first-order chi connectivity index (χ1) is 9.58. The molecule has 2 aliphatic rings. The molecule has 0 aromatic carbocycles. The maximum Gasteiger partial charge on any atom is 0.227 e. The summed E-state index contributed by atoms with van der Waals surface area (Å²) in [6.45, 7) is 6.03. The Balaban J connectivity index is 1.79. The van der Waals surface area contributed by atoms with Gasteiger partial charge in [-0.25, -0.2) is 0 Å². The molecule has 0 radical (unpaired) electrons. The second kappa shape index (κ2) is 5.20. The van der Waals surface area contributed by atoms with Crippen LogP contribution in [0.5, 0.6) is 0 Å². The van der Waals surface area contributed by atoms with Crippen LogP contribution in [0.3, 0.4) is 0 Å². The van der Waals surface area contributed by atoms with Crippen LogP contribution in [0.1, 0.15) is 36.2 Å². The quantitative estimate of drug-likeness (QED) is 0.874. The Morgan fingerprint density at radius 1 is 1.30 bits per heavy atom. The SMILES string of the molecule is Cc1nn(C)c(C)c1CC(=O)N1C2CCNCC1CC2. The third kappa shape index (κ3) is 2.24. The molecule has 1 amide bonds. The molecule has 110 valence electrons. The fourth-order valence-corrected chi connectivity index (χ4v) is 3.71. The largest absolute Gasteiger partial charge is 0.335 e. The van der Waals surface area contributed by atoms with Crippen LogP contribution in [-0.4, -0.2) is 45.8 Å². The molecule has 1 aromatic heterocycles. The zero-order valence-corrected chi connectivity index (χ0v) is 12.6. The van der Waals surface area contributed by atoms with Crippen molar-refractivity contribution in [3.8, 4) is 0 Å². The molecule has 3 heterocycles. The first-order valence-electron chi connectivity index (χ1n) is 7.59. The first-order valence-corrected chi connectivity index (χ1v) is 7.59. The van der Waals surface area contributed by atoms with E-state index >= 15 is 0 Å². The fraction of sp³-hybridized carbons (Fsp3) is 0.733. The molecule has 0 aliphatic carbocycles. The summed E-state index contributed by atoms with van der Waals surface area (Å²) in [6.07, 6.45) is 3.91. The number of hydrogen-bond acceptors (Lipinski definition) is 3. The van der Waals surface area contributed by atoms with Crippen molar-refractivity contribution < 1.29 is 4.79 Å². The van der Waals surface area contributed by atoms with E-state index in [-0.39, 0.29) is 5.91 Å². The van der Waals surface area contributed by atoms with E-state index < -0.39 is 0 Å². The van der Waals surface area contributed by atoms with E-state index in [1.54, 1.807) is 0 Å². The van der Waals surface area contributed by atoms with Crippen LogP contribution in [0, 0.1) is 13.8 Å². The minimum absolute atomic E-state index is 0.278. The van der Waals surface area contributed by atoms with Gasteiger partial charge in [0.05, 0.1) is 12.1 Å². The van der Waals surface area contributed by atoms with Crippen LogP contribution >= 0.6 is 0 Å². The lowest BCUT2D eigenvalue weighted by molar-refractivity contribution is -0.133. The van der Waals surface area contributed by atoms with Crippen LogP contribution in [0.4, 0.5) is 0 Å². The van der Waals surface area contributed by atoms with E-state index in [0.717, 1.165) is 42.9 Å². The average molecular weight is 276 g/mol. The molecular formula is C15H24N4O. The van der Waals surface area contributed by atoms with Crippen molar-refractivity contribution in [1.29, 1.82) is 0 Å². The Hall–Kier alpha value is -1.36. The van der Waals surface area contributed by atoms with Crippen LogP contribution in [0.15, 0.2) is 0 Å². The van der Waals surface area contributed by atoms with E-state index in [0.29, 0.717) is 18.5 Å². The van der Waals surface area contributed by atoms with Crippen molar-refractivity contribution in [3.05, 3.63) is 17.0 Å². The summed E-state index contributed by atoms with van der Waals surface area (Å²) in [7, 11) is 1.94. The van der Waals surface area contributed by atoms with Gasteiger partial charge in [-0.1, -0.05) is 0 Å². The lowest BCUT2D eigenvalue weighted by Gasteiger charge is -2.28. The summed E-state index contributed by atoms with van der Waals surface area (Å²) in [6, 6.07) is 0.840. The van der Waals surface area contributed by atoms with Gasteiger partial charge in [0.15, 0.2) is 0 Å². The highest BCUT2D eigenvalue weighted by Crippen LogP contribution is 2.29. The van der Waals surface area contributed by atoms with Gasteiger partial charge >= 0.3 is 0 Å². The molecule has 1 aromatic rings. The van der Waals surface area contributed by atoms with E-state index in [1.807, 2.05) is 25.6 Å². The number of carbonyl (C=O) groups is 1. The maximum atomic E-state index is 12.8. The van der Waals surface area contributed by atoms with Gasteiger partial charge in [0, 0.05) is 36.9 Å². The molecule has 2 atom stereocenters. The number of aryl methyl sites for hydroxylation is 2. The third-order valence-corrected chi connectivity index (χ3v) is 4.93. The van der Waals surface area contributed by atoms with Crippen LogP contribution in [0.2, 0.25) is 0 Å². The molecule has 1 N–H and O–H groups in total. The number of fused-ring (bicyclic) bond motifs is 2. The predicted octanol–water partition coefficient (Wildman–Crippen LogP) is 0.932. The Kier molecular flexibility index (Phi) is 3.54. The first kappa shape index (κ1) is 13.6. The van der Waals surface area contributed by atoms with E-state index in [9.17, 15) is 4.79 Å². The monoisotopic (exact) mass is 276 g/mol. The van der Waals surface area contributed by atoms with Gasteiger partial charge in [0.25, 0.3) is 0 Å². The molecule has 0 spiro atoms. The molecular weight excluding hydrogens is 252 g/mol. The number of rotatable bonds is 2. The zero-order chi connectivity index (χ0) is 14.3. The van der Waals surface area contributed by atoms with Gasteiger partial charge < -0.3 is 10.2 Å². The summed E-state index contributed by atoms with van der Waals surface area (Å²) in [4.78, 5) is 14.9. The van der Waals surface area contributed by atoms with E-state index in [4.69, 9.17) is 0 Å². The summed E-state index contributed by atoms with van der Waals surface area (Å²) in [5, 5.41) is 7.86. The molecule has 5 heteroatoms. The van der Waals surface area contributed by atoms with Crippen molar-refractivity contribution >= 4 is 5.91 Å². The van der Waals surface area contributed by atoms with Crippen LogP contribution in [0.25, 0.3) is 0 Å². The lowest BCUT2D eigenvalue weighted by atomic mass is 10.1. The van der Waals surface area contributed by atoms with Crippen molar-refractivity contribution in [1.82, 2.24) is 20.0 Å². The zero-order valence-electron chi connectivity index (χ0n) is 12.6. The Bertz CT molecular complexity index is 508. The van der Waals surface area contributed by atoms with Gasteiger partial charge in [0.1, 0.15) is 0 Å². The van der Waals surface area contributed by atoms with Gasteiger partial charge in [0.2, 0.25) is 5.91 Å². The number of hydrogen-bond donors (Lipinski definition) is 1. The predicted molar refractivity (Wildman–Crippen MR) is 77.5 cm³/mol. The molecule has 2 bridgehead atoms. The number of amides is 1. The van der Waals surface area contributed by atoms with Crippen molar-refractivity contribution in [2.24, 2.45) is 7.05 Å². The van der Waals surface area contributed by atoms with Gasteiger partial charge in [-0.2, -0.15) is 5.10 Å². The minimum atomic E-state index is 0.278. The molecule has 3 rings (SSSR count). The summed E-state index contributed by atoms with van der Waals surface area (Å²) >= 11 is 0. The second-order valence-electron chi connectivity index (χ2n) is 6.13. The van der Waals surface area contributed by atoms with Crippen LogP contribution in [-0.2, 0) is 18.3 Å². The molecule has 2 aliphatic heterocycles. The highest BCUT2D eigenvalue weighted by atomic mass is 16.2. The topological polar surface area (TPSA) is 50.2 Å². The number of nitrogens with zero attached hydrogens (tertiary/aromatic N) is 3. The summed E-state index contributed by atoms with van der Waals surface area (Å²) in [5.41, 5.74) is 3.20. The number of carbonyl (C=O) groups excluding carboxylic acids is 1. The molecule has 2 saturated heterocycles. The van der Waals surface area contributed by atoms with Gasteiger partial charge in [-0.05, 0) is 39.7 Å². The number of aromatic nitrogens is 2. The third-order valence-electron chi connectivity index (χ3n) is 4.93.